The average molecular weight is 275 g/mol. The van der Waals surface area contributed by atoms with Crippen LogP contribution in [0.25, 0.3) is 11.0 Å². The number of para-hydroxylation sites is 1. The summed E-state index contributed by atoms with van der Waals surface area (Å²) in [7, 11) is 0. The van der Waals surface area contributed by atoms with Crippen LogP contribution in [0.2, 0.25) is 5.02 Å². The predicted octanol–water partition coefficient (Wildman–Crippen LogP) is 4.37. The van der Waals surface area contributed by atoms with Gasteiger partial charge in [0.05, 0.1) is 6.26 Å². The summed E-state index contributed by atoms with van der Waals surface area (Å²) in [6.45, 7) is 0.373. The molecular weight excluding hydrogens is 264 g/mol. The number of hydrogen-bond donors (Lipinski definition) is 1. The normalized spacial score (nSPS) is 10.8. The highest BCUT2D eigenvalue weighted by Crippen LogP contribution is 2.29. The number of fused-ring (bicyclic) bond motifs is 1. The number of rotatable bonds is 3. The smallest absolute Gasteiger partial charge is 0.175 e. The van der Waals surface area contributed by atoms with E-state index in [9.17, 15) is 5.11 Å². The molecule has 0 atom stereocenters. The molecule has 0 aliphatic heterocycles. The van der Waals surface area contributed by atoms with E-state index >= 15 is 0 Å². The first-order chi connectivity index (χ1) is 9.24. The molecule has 0 aliphatic rings. The number of benzene rings is 2. The van der Waals surface area contributed by atoms with Crippen molar-refractivity contribution in [1.82, 2.24) is 0 Å². The molecule has 0 saturated carbocycles. The molecule has 0 unspecified atom stereocenters. The van der Waals surface area contributed by atoms with Crippen LogP contribution in [0.4, 0.5) is 0 Å². The zero-order chi connectivity index (χ0) is 13.2. The van der Waals surface area contributed by atoms with Crippen LogP contribution in [0.15, 0.2) is 53.1 Å². The topological polar surface area (TPSA) is 42.6 Å². The maximum absolute atomic E-state index is 9.65. The maximum Gasteiger partial charge on any atom is 0.175 e. The Balaban J connectivity index is 1.82. The van der Waals surface area contributed by atoms with Crippen molar-refractivity contribution in [2.45, 2.75) is 6.61 Å². The first kappa shape index (κ1) is 11.9. The van der Waals surface area contributed by atoms with E-state index in [0.29, 0.717) is 17.2 Å². The second-order valence-electron chi connectivity index (χ2n) is 4.16. The van der Waals surface area contributed by atoms with E-state index in [4.69, 9.17) is 20.8 Å². The fraction of sp³-hybridized carbons (Fsp3) is 0.0667. The minimum Gasteiger partial charge on any atom is -0.504 e. The Morgan fingerprint density at radius 2 is 1.89 bits per heavy atom. The van der Waals surface area contributed by atoms with Gasteiger partial charge in [0, 0.05) is 16.0 Å². The lowest BCUT2D eigenvalue weighted by Gasteiger charge is -2.04. The third kappa shape index (κ3) is 2.37. The zero-order valence-corrected chi connectivity index (χ0v) is 10.7. The zero-order valence-electron chi connectivity index (χ0n) is 9.97. The Kier molecular flexibility index (Phi) is 3.05. The first-order valence-electron chi connectivity index (χ1n) is 5.80. The van der Waals surface area contributed by atoms with Crippen LogP contribution >= 0.6 is 11.6 Å². The third-order valence-electron chi connectivity index (χ3n) is 2.87. The van der Waals surface area contributed by atoms with E-state index in [1.807, 2.05) is 18.2 Å². The van der Waals surface area contributed by atoms with Gasteiger partial charge in [0.15, 0.2) is 11.3 Å². The minimum atomic E-state index is 0.134. The number of ether oxygens (including phenoxy) is 1. The Bertz CT molecular complexity index is 701. The highest BCUT2D eigenvalue weighted by atomic mass is 35.5. The van der Waals surface area contributed by atoms with Gasteiger partial charge in [0.2, 0.25) is 0 Å². The van der Waals surface area contributed by atoms with Crippen LogP contribution in [-0.2, 0) is 6.61 Å². The summed E-state index contributed by atoms with van der Waals surface area (Å²) in [5.41, 5.74) is 1.37. The van der Waals surface area contributed by atoms with Gasteiger partial charge in [-0.25, -0.2) is 0 Å². The summed E-state index contributed by atoms with van der Waals surface area (Å²) < 4.78 is 11.0. The molecule has 3 aromatic rings. The van der Waals surface area contributed by atoms with Crippen LogP contribution < -0.4 is 4.74 Å². The lowest BCUT2D eigenvalue weighted by atomic mass is 10.2. The van der Waals surface area contributed by atoms with E-state index < -0.39 is 0 Å². The van der Waals surface area contributed by atoms with Gasteiger partial charge in [-0.15, -0.1) is 0 Å². The molecule has 3 rings (SSSR count). The number of halogens is 1. The predicted molar refractivity (Wildman–Crippen MR) is 73.7 cm³/mol. The second kappa shape index (κ2) is 4.86. The molecule has 1 N–H and O–H groups in total. The molecule has 1 heterocycles. The van der Waals surface area contributed by atoms with Gasteiger partial charge in [0.25, 0.3) is 0 Å². The number of furan rings is 1. The highest BCUT2D eigenvalue weighted by molar-refractivity contribution is 6.30. The molecule has 0 aliphatic carbocycles. The van der Waals surface area contributed by atoms with Crippen molar-refractivity contribution in [2.75, 3.05) is 0 Å². The van der Waals surface area contributed by atoms with Crippen molar-refractivity contribution in [2.24, 2.45) is 0 Å². The first-order valence-corrected chi connectivity index (χ1v) is 6.18. The van der Waals surface area contributed by atoms with E-state index in [-0.39, 0.29) is 5.75 Å². The van der Waals surface area contributed by atoms with E-state index in [1.165, 1.54) is 0 Å². The lowest BCUT2D eigenvalue weighted by molar-refractivity contribution is 0.306. The number of aromatic hydroxyl groups is 1. The summed E-state index contributed by atoms with van der Waals surface area (Å²) >= 11 is 5.81. The largest absolute Gasteiger partial charge is 0.504 e. The number of phenols is 1. The molecular formula is C15H11ClO3. The molecule has 1 aromatic heterocycles. The monoisotopic (exact) mass is 274 g/mol. The average Bonchev–Trinajstić information content (AvgIpc) is 2.83. The lowest BCUT2D eigenvalue weighted by Crippen LogP contribution is -1.93. The van der Waals surface area contributed by atoms with Crippen LogP contribution in [0.5, 0.6) is 11.5 Å². The molecule has 0 amide bonds. The molecule has 0 spiro atoms. The van der Waals surface area contributed by atoms with Crippen LogP contribution in [0.3, 0.4) is 0 Å². The fourth-order valence-electron chi connectivity index (χ4n) is 1.90. The van der Waals surface area contributed by atoms with Gasteiger partial charge in [0.1, 0.15) is 12.4 Å². The summed E-state index contributed by atoms with van der Waals surface area (Å²) in [5, 5.41) is 11.2. The highest BCUT2D eigenvalue weighted by Gasteiger charge is 2.09. The van der Waals surface area contributed by atoms with E-state index in [0.717, 1.165) is 16.7 Å². The quantitative estimate of drug-likeness (QED) is 0.771. The summed E-state index contributed by atoms with van der Waals surface area (Å²) in [4.78, 5) is 0. The van der Waals surface area contributed by atoms with Crippen LogP contribution in [0.1, 0.15) is 5.56 Å². The van der Waals surface area contributed by atoms with Gasteiger partial charge in [-0.2, -0.15) is 0 Å². The van der Waals surface area contributed by atoms with E-state index in [2.05, 4.69) is 0 Å². The summed E-state index contributed by atoms with van der Waals surface area (Å²) in [5.74, 6) is 0.870. The van der Waals surface area contributed by atoms with Gasteiger partial charge < -0.3 is 14.3 Å². The van der Waals surface area contributed by atoms with Crippen molar-refractivity contribution in [1.29, 1.82) is 0 Å². The van der Waals surface area contributed by atoms with Gasteiger partial charge in [-0.1, -0.05) is 23.7 Å². The van der Waals surface area contributed by atoms with Crippen molar-refractivity contribution in [3.05, 3.63) is 59.3 Å². The van der Waals surface area contributed by atoms with Crippen LogP contribution in [0, 0.1) is 0 Å². The molecule has 0 saturated heterocycles. The molecule has 2 aromatic carbocycles. The molecule has 0 fully saturated rings. The van der Waals surface area contributed by atoms with E-state index in [1.54, 1.807) is 30.5 Å². The van der Waals surface area contributed by atoms with Crippen LogP contribution in [-0.4, -0.2) is 5.11 Å². The van der Waals surface area contributed by atoms with Gasteiger partial charge in [-0.3, -0.25) is 0 Å². The van der Waals surface area contributed by atoms with Crippen molar-refractivity contribution in [3.63, 3.8) is 0 Å². The van der Waals surface area contributed by atoms with Gasteiger partial charge in [-0.05, 0) is 30.3 Å². The molecule has 19 heavy (non-hydrogen) atoms. The third-order valence-corrected chi connectivity index (χ3v) is 3.12. The molecule has 3 nitrogen and oxygen atoms in total. The maximum atomic E-state index is 9.65. The SMILES string of the molecule is Oc1cccc2c(COc3ccc(Cl)cc3)coc12. The Morgan fingerprint density at radius 1 is 1.11 bits per heavy atom. The van der Waals surface area contributed by atoms with Crippen molar-refractivity contribution in [3.8, 4) is 11.5 Å². The number of hydrogen-bond acceptors (Lipinski definition) is 3. The Morgan fingerprint density at radius 3 is 2.68 bits per heavy atom. The molecule has 0 radical (unpaired) electrons. The molecule has 96 valence electrons. The minimum absolute atomic E-state index is 0.134. The Labute approximate surface area is 115 Å². The van der Waals surface area contributed by atoms with Crippen molar-refractivity contribution >= 4 is 22.6 Å². The summed E-state index contributed by atoms with van der Waals surface area (Å²) in [6.07, 6.45) is 1.60. The van der Waals surface area contributed by atoms with Gasteiger partial charge >= 0.3 is 0 Å². The standard InChI is InChI=1S/C15H11ClO3/c16-11-4-6-12(7-5-11)18-8-10-9-19-15-13(10)2-1-3-14(15)17/h1-7,9,17H,8H2. The Hall–Kier alpha value is -2.13. The van der Waals surface area contributed by atoms with Crippen molar-refractivity contribution < 1.29 is 14.3 Å². The molecule has 4 heteroatoms. The number of phenolic OH excluding ortho intramolecular Hbond substituents is 1. The molecule has 0 bridgehead atoms. The second-order valence-corrected chi connectivity index (χ2v) is 4.59. The fourth-order valence-corrected chi connectivity index (χ4v) is 2.02. The summed E-state index contributed by atoms with van der Waals surface area (Å²) in [6, 6.07) is 12.4.